The number of hydrogen-bond donors (Lipinski definition) is 1. The van der Waals surface area contributed by atoms with Crippen LogP contribution in [0.5, 0.6) is 0 Å². The lowest BCUT2D eigenvalue weighted by atomic mass is 10.2. The molecule has 5 heteroatoms. The van der Waals surface area contributed by atoms with Gasteiger partial charge in [-0.3, -0.25) is 4.98 Å². The molecule has 0 aliphatic heterocycles. The molecule has 2 heterocycles. The summed E-state index contributed by atoms with van der Waals surface area (Å²) in [7, 11) is 0. The van der Waals surface area contributed by atoms with Gasteiger partial charge in [-0.15, -0.1) is 0 Å². The number of anilines is 1. The quantitative estimate of drug-likeness (QED) is 0.783. The Balaban J connectivity index is 2.02. The first-order valence-electron chi connectivity index (χ1n) is 7.16. The average molecular weight is 271 g/mol. The number of hydrogen-bond acceptors (Lipinski definition) is 5. The molecule has 0 saturated carbocycles. The van der Waals surface area contributed by atoms with E-state index < -0.39 is 0 Å². The Kier molecular flexibility index (Phi) is 5.41. The van der Waals surface area contributed by atoms with Crippen LogP contribution in [0.3, 0.4) is 0 Å². The molecular weight excluding hydrogens is 250 g/mol. The molecule has 2 aromatic heterocycles. The molecule has 0 aliphatic carbocycles. The van der Waals surface area contributed by atoms with Crippen LogP contribution >= 0.6 is 0 Å². The molecule has 1 N–H and O–H groups in total. The molecule has 2 aromatic rings. The molecule has 0 amide bonds. The van der Waals surface area contributed by atoms with E-state index in [4.69, 9.17) is 0 Å². The number of nitrogens with zero attached hydrogens (tertiary/aromatic N) is 4. The third-order valence-corrected chi connectivity index (χ3v) is 3.00. The highest BCUT2D eigenvalue weighted by molar-refractivity contribution is 5.54. The fourth-order valence-corrected chi connectivity index (χ4v) is 1.94. The topological polar surface area (TPSA) is 63.6 Å². The van der Waals surface area contributed by atoms with Crippen LogP contribution in [0.2, 0.25) is 0 Å². The van der Waals surface area contributed by atoms with Crippen molar-refractivity contribution < 1.29 is 0 Å². The van der Waals surface area contributed by atoms with E-state index in [2.05, 4.69) is 32.2 Å². The largest absolute Gasteiger partial charge is 0.354 e. The Bertz CT molecular complexity index is 527. The molecule has 0 bridgehead atoms. The number of aryl methyl sites for hydroxylation is 1. The number of unbranched alkanes of at least 4 members (excludes halogenated alkanes) is 3. The average Bonchev–Trinajstić information content (AvgIpc) is 2.47. The SMILES string of the molecule is CCCCCCNc1nc(C)nc(-c2ccncc2)n1. The summed E-state index contributed by atoms with van der Waals surface area (Å²) in [5.41, 5.74) is 0.958. The zero-order chi connectivity index (χ0) is 14.2. The van der Waals surface area contributed by atoms with Gasteiger partial charge in [0, 0.05) is 24.5 Å². The van der Waals surface area contributed by atoms with Crippen molar-refractivity contribution in [2.45, 2.75) is 39.5 Å². The monoisotopic (exact) mass is 271 g/mol. The summed E-state index contributed by atoms with van der Waals surface area (Å²) in [6.07, 6.45) is 8.39. The molecule has 0 fully saturated rings. The first-order chi connectivity index (χ1) is 9.79. The predicted molar refractivity (Wildman–Crippen MR) is 80.4 cm³/mol. The standard InChI is InChI=1S/C15H21N5/c1-3-4-5-6-9-17-15-19-12(2)18-14(20-15)13-7-10-16-11-8-13/h7-8,10-11H,3-6,9H2,1-2H3,(H,17,18,19,20). The second kappa shape index (κ2) is 7.53. The van der Waals surface area contributed by atoms with Crippen molar-refractivity contribution in [3.8, 4) is 11.4 Å². The van der Waals surface area contributed by atoms with E-state index >= 15 is 0 Å². The Hall–Kier alpha value is -2.04. The van der Waals surface area contributed by atoms with Gasteiger partial charge in [0.15, 0.2) is 5.82 Å². The van der Waals surface area contributed by atoms with Crippen LogP contribution in [0.4, 0.5) is 5.95 Å². The summed E-state index contributed by atoms with van der Waals surface area (Å²) < 4.78 is 0. The zero-order valence-corrected chi connectivity index (χ0v) is 12.1. The van der Waals surface area contributed by atoms with Gasteiger partial charge in [-0.25, -0.2) is 4.98 Å². The predicted octanol–water partition coefficient (Wildman–Crippen LogP) is 3.23. The minimum Gasteiger partial charge on any atom is -0.354 e. The van der Waals surface area contributed by atoms with Gasteiger partial charge >= 0.3 is 0 Å². The number of aromatic nitrogens is 4. The Morgan fingerprint density at radius 1 is 1.00 bits per heavy atom. The Labute approximate surface area is 119 Å². The van der Waals surface area contributed by atoms with Gasteiger partial charge in [0.2, 0.25) is 5.95 Å². The summed E-state index contributed by atoms with van der Waals surface area (Å²) >= 11 is 0. The third kappa shape index (κ3) is 4.26. The molecular formula is C15H21N5. The van der Waals surface area contributed by atoms with Crippen LogP contribution in [-0.4, -0.2) is 26.5 Å². The minimum atomic E-state index is 0.654. The lowest BCUT2D eigenvalue weighted by Crippen LogP contribution is -2.08. The van der Waals surface area contributed by atoms with Crippen molar-refractivity contribution in [1.29, 1.82) is 0 Å². The summed E-state index contributed by atoms with van der Waals surface area (Å²) in [4.78, 5) is 17.2. The lowest BCUT2D eigenvalue weighted by Gasteiger charge is -2.07. The first-order valence-corrected chi connectivity index (χ1v) is 7.16. The highest BCUT2D eigenvalue weighted by atomic mass is 15.1. The molecule has 0 aliphatic rings. The van der Waals surface area contributed by atoms with Crippen LogP contribution in [0.25, 0.3) is 11.4 Å². The molecule has 0 unspecified atom stereocenters. The van der Waals surface area contributed by atoms with Gasteiger partial charge in [0.05, 0.1) is 0 Å². The Morgan fingerprint density at radius 3 is 2.55 bits per heavy atom. The molecule has 0 saturated heterocycles. The maximum atomic E-state index is 4.46. The van der Waals surface area contributed by atoms with Gasteiger partial charge in [0.25, 0.3) is 0 Å². The van der Waals surface area contributed by atoms with Crippen molar-refractivity contribution in [2.24, 2.45) is 0 Å². The normalized spacial score (nSPS) is 10.5. The van der Waals surface area contributed by atoms with E-state index in [9.17, 15) is 0 Å². The second-order valence-electron chi connectivity index (χ2n) is 4.75. The van der Waals surface area contributed by atoms with E-state index in [1.165, 1.54) is 19.3 Å². The summed E-state index contributed by atoms with van der Waals surface area (Å²) in [6, 6.07) is 3.81. The summed E-state index contributed by atoms with van der Waals surface area (Å²) in [5.74, 6) is 2.07. The molecule has 106 valence electrons. The fourth-order valence-electron chi connectivity index (χ4n) is 1.94. The molecule has 20 heavy (non-hydrogen) atoms. The van der Waals surface area contributed by atoms with Crippen LogP contribution in [-0.2, 0) is 0 Å². The maximum absolute atomic E-state index is 4.46. The van der Waals surface area contributed by atoms with Crippen molar-refractivity contribution in [1.82, 2.24) is 19.9 Å². The molecule has 2 rings (SSSR count). The van der Waals surface area contributed by atoms with Gasteiger partial charge in [-0.1, -0.05) is 26.2 Å². The van der Waals surface area contributed by atoms with Crippen LogP contribution in [0.1, 0.15) is 38.4 Å². The minimum absolute atomic E-state index is 0.654. The Morgan fingerprint density at radius 2 is 1.80 bits per heavy atom. The zero-order valence-electron chi connectivity index (χ0n) is 12.1. The van der Waals surface area contributed by atoms with E-state index in [0.717, 1.165) is 24.4 Å². The van der Waals surface area contributed by atoms with Crippen LogP contribution < -0.4 is 5.32 Å². The summed E-state index contributed by atoms with van der Waals surface area (Å²) in [6.45, 7) is 5.00. The van der Waals surface area contributed by atoms with Crippen LogP contribution in [0.15, 0.2) is 24.5 Å². The molecule has 5 nitrogen and oxygen atoms in total. The van der Waals surface area contributed by atoms with Crippen molar-refractivity contribution >= 4 is 5.95 Å². The highest BCUT2D eigenvalue weighted by Gasteiger charge is 2.05. The maximum Gasteiger partial charge on any atom is 0.226 e. The van der Waals surface area contributed by atoms with Crippen molar-refractivity contribution in [2.75, 3.05) is 11.9 Å². The van der Waals surface area contributed by atoms with E-state index in [0.29, 0.717) is 11.8 Å². The van der Waals surface area contributed by atoms with Gasteiger partial charge in [0.1, 0.15) is 5.82 Å². The third-order valence-electron chi connectivity index (χ3n) is 3.00. The number of rotatable bonds is 7. The number of nitrogens with one attached hydrogen (secondary N) is 1. The van der Waals surface area contributed by atoms with E-state index in [-0.39, 0.29) is 0 Å². The van der Waals surface area contributed by atoms with Gasteiger partial charge in [-0.2, -0.15) is 9.97 Å². The molecule has 0 radical (unpaired) electrons. The van der Waals surface area contributed by atoms with Crippen LogP contribution in [0, 0.1) is 6.92 Å². The number of pyridine rings is 1. The molecule has 0 aromatic carbocycles. The molecule has 0 spiro atoms. The molecule has 0 atom stereocenters. The van der Waals surface area contributed by atoms with Gasteiger partial charge < -0.3 is 5.32 Å². The fraction of sp³-hybridized carbons (Fsp3) is 0.467. The van der Waals surface area contributed by atoms with Crippen molar-refractivity contribution in [3.05, 3.63) is 30.4 Å². The lowest BCUT2D eigenvalue weighted by molar-refractivity contribution is 0.683. The smallest absolute Gasteiger partial charge is 0.226 e. The first kappa shape index (κ1) is 14.4. The summed E-state index contributed by atoms with van der Waals surface area (Å²) in [5, 5.41) is 3.28. The van der Waals surface area contributed by atoms with Gasteiger partial charge in [-0.05, 0) is 25.5 Å². The van der Waals surface area contributed by atoms with Crippen molar-refractivity contribution in [3.63, 3.8) is 0 Å². The van der Waals surface area contributed by atoms with E-state index in [1.54, 1.807) is 12.4 Å². The van der Waals surface area contributed by atoms with E-state index in [1.807, 2.05) is 19.1 Å². The highest BCUT2D eigenvalue weighted by Crippen LogP contribution is 2.14. The second-order valence-corrected chi connectivity index (χ2v) is 4.75.